The van der Waals surface area contributed by atoms with Crippen LogP contribution in [0.25, 0.3) is 0 Å². The fourth-order valence-corrected chi connectivity index (χ4v) is 6.68. The Morgan fingerprint density at radius 3 is 2.07 bits per heavy atom. The molecule has 4 bridgehead atoms. The molecule has 1 heterocycles. The Kier molecular flexibility index (Phi) is 3.87. The lowest BCUT2D eigenvalue weighted by Gasteiger charge is -2.60. The van der Waals surface area contributed by atoms with E-state index in [1.807, 2.05) is 40.1 Å². The van der Waals surface area contributed by atoms with Crippen molar-refractivity contribution in [3.8, 4) is 0 Å². The molecule has 0 aromatic heterocycles. The first-order valence-corrected chi connectivity index (χ1v) is 10.3. The SMILES string of the molecule is O=C(c1ccccc1)N1CCN(C(=O)C23C[C@H]4C[C@@H](CC(O)(C4)C2)C3)CC1. The summed E-state index contributed by atoms with van der Waals surface area (Å²) in [6.45, 7) is 2.39. The van der Waals surface area contributed by atoms with E-state index in [4.69, 9.17) is 0 Å². The summed E-state index contributed by atoms with van der Waals surface area (Å²) in [5, 5.41) is 10.9. The molecule has 27 heavy (non-hydrogen) atoms. The molecule has 1 aliphatic heterocycles. The van der Waals surface area contributed by atoms with Gasteiger partial charge in [0.1, 0.15) is 0 Å². The Hall–Kier alpha value is -1.88. The molecule has 1 saturated heterocycles. The van der Waals surface area contributed by atoms with Crippen molar-refractivity contribution in [1.82, 2.24) is 9.80 Å². The molecule has 0 radical (unpaired) electrons. The standard InChI is InChI=1S/C22H28N2O3/c25-19(18-4-2-1-3-5-18)23-6-8-24(9-7-23)20(26)21-11-16-10-17(12-21)14-22(27,13-16)15-21/h1-5,16-17,27H,6-15H2/t16-,17-,21?,22?/m1/s1. The fourth-order valence-electron chi connectivity index (χ4n) is 6.68. The number of hydrogen-bond donors (Lipinski definition) is 1. The van der Waals surface area contributed by atoms with E-state index in [1.54, 1.807) is 0 Å². The summed E-state index contributed by atoms with van der Waals surface area (Å²) in [6.07, 6.45) is 5.52. The average molecular weight is 368 g/mol. The summed E-state index contributed by atoms with van der Waals surface area (Å²) in [6, 6.07) is 9.36. The van der Waals surface area contributed by atoms with Gasteiger partial charge in [0.05, 0.1) is 11.0 Å². The number of carbonyl (C=O) groups is 2. The lowest BCUT2D eigenvalue weighted by Crippen LogP contribution is -2.62. The Bertz CT molecular complexity index is 740. The monoisotopic (exact) mass is 368 g/mol. The van der Waals surface area contributed by atoms with Crippen LogP contribution < -0.4 is 0 Å². The number of rotatable bonds is 2. The average Bonchev–Trinajstić information content (AvgIpc) is 2.66. The molecule has 0 spiro atoms. The molecule has 144 valence electrons. The number of aliphatic hydroxyl groups is 1. The van der Waals surface area contributed by atoms with Gasteiger partial charge < -0.3 is 14.9 Å². The van der Waals surface area contributed by atoms with Crippen LogP contribution in [0.2, 0.25) is 0 Å². The Morgan fingerprint density at radius 1 is 0.889 bits per heavy atom. The van der Waals surface area contributed by atoms with Gasteiger partial charge in [-0.1, -0.05) is 18.2 Å². The van der Waals surface area contributed by atoms with Crippen molar-refractivity contribution in [2.24, 2.45) is 17.3 Å². The van der Waals surface area contributed by atoms with Crippen LogP contribution in [-0.2, 0) is 4.79 Å². The van der Waals surface area contributed by atoms with Gasteiger partial charge in [-0.3, -0.25) is 9.59 Å². The van der Waals surface area contributed by atoms with E-state index in [2.05, 4.69) is 0 Å². The van der Waals surface area contributed by atoms with Crippen LogP contribution in [0.1, 0.15) is 48.9 Å². The van der Waals surface area contributed by atoms with Crippen molar-refractivity contribution in [2.45, 2.75) is 44.1 Å². The Labute approximate surface area is 160 Å². The largest absolute Gasteiger partial charge is 0.390 e. The zero-order chi connectivity index (χ0) is 18.6. The van der Waals surface area contributed by atoms with Crippen molar-refractivity contribution in [1.29, 1.82) is 0 Å². The molecular weight excluding hydrogens is 340 g/mol. The fraction of sp³-hybridized carbons (Fsp3) is 0.636. The summed E-state index contributed by atoms with van der Waals surface area (Å²) >= 11 is 0. The maximum Gasteiger partial charge on any atom is 0.253 e. The molecule has 5 heteroatoms. The number of piperazine rings is 1. The van der Waals surface area contributed by atoms with Crippen LogP contribution in [0.4, 0.5) is 0 Å². The Balaban J connectivity index is 1.26. The third-order valence-electron chi connectivity index (χ3n) is 7.36. The van der Waals surface area contributed by atoms with Crippen molar-refractivity contribution in [3.63, 3.8) is 0 Å². The second-order valence-electron chi connectivity index (χ2n) is 9.42. The van der Waals surface area contributed by atoms with Crippen LogP contribution in [0.5, 0.6) is 0 Å². The maximum atomic E-state index is 13.5. The van der Waals surface area contributed by atoms with Gasteiger partial charge in [-0.05, 0) is 62.5 Å². The third kappa shape index (κ3) is 2.87. The van der Waals surface area contributed by atoms with Crippen LogP contribution in [0.15, 0.2) is 30.3 Å². The van der Waals surface area contributed by atoms with Gasteiger partial charge >= 0.3 is 0 Å². The third-order valence-corrected chi connectivity index (χ3v) is 7.36. The van der Waals surface area contributed by atoms with Gasteiger partial charge in [0, 0.05) is 31.7 Å². The number of benzene rings is 1. The molecule has 6 rings (SSSR count). The minimum Gasteiger partial charge on any atom is -0.390 e. The highest BCUT2D eigenvalue weighted by atomic mass is 16.3. The van der Waals surface area contributed by atoms with Crippen LogP contribution in [0, 0.1) is 17.3 Å². The summed E-state index contributed by atoms with van der Waals surface area (Å²) in [5.41, 5.74) is -0.240. The normalized spacial score (nSPS) is 37.5. The van der Waals surface area contributed by atoms with Crippen molar-refractivity contribution >= 4 is 11.8 Å². The summed E-state index contributed by atoms with van der Waals surface area (Å²) in [4.78, 5) is 29.9. The van der Waals surface area contributed by atoms with E-state index in [0.29, 0.717) is 50.0 Å². The second-order valence-corrected chi connectivity index (χ2v) is 9.42. The quantitative estimate of drug-likeness (QED) is 0.871. The highest BCUT2D eigenvalue weighted by molar-refractivity contribution is 5.94. The van der Waals surface area contributed by atoms with E-state index in [1.165, 1.54) is 6.42 Å². The predicted octanol–water partition coefficient (Wildman–Crippen LogP) is 2.30. The minimum absolute atomic E-state index is 0.0480. The molecule has 5 aliphatic rings. The topological polar surface area (TPSA) is 60.9 Å². The molecule has 1 aromatic rings. The minimum atomic E-state index is -0.606. The van der Waals surface area contributed by atoms with Crippen LogP contribution in [-0.4, -0.2) is 58.5 Å². The molecule has 4 saturated carbocycles. The van der Waals surface area contributed by atoms with Gasteiger partial charge in [-0.15, -0.1) is 0 Å². The molecule has 4 aliphatic carbocycles. The predicted molar refractivity (Wildman–Crippen MR) is 101 cm³/mol. The smallest absolute Gasteiger partial charge is 0.253 e. The number of hydrogen-bond acceptors (Lipinski definition) is 3. The molecule has 1 N–H and O–H groups in total. The highest BCUT2D eigenvalue weighted by Crippen LogP contribution is 2.62. The summed E-state index contributed by atoms with van der Waals surface area (Å²) in [7, 11) is 0. The van der Waals surface area contributed by atoms with Gasteiger partial charge in [-0.2, -0.15) is 0 Å². The second kappa shape index (κ2) is 6.06. The van der Waals surface area contributed by atoms with Crippen LogP contribution >= 0.6 is 0 Å². The van der Waals surface area contributed by atoms with E-state index in [-0.39, 0.29) is 17.2 Å². The first-order chi connectivity index (χ1) is 13.0. The van der Waals surface area contributed by atoms with E-state index in [0.717, 1.165) is 25.7 Å². The van der Waals surface area contributed by atoms with Crippen molar-refractivity contribution in [2.75, 3.05) is 26.2 Å². The summed E-state index contributed by atoms with van der Waals surface area (Å²) in [5.74, 6) is 1.32. The first kappa shape index (κ1) is 17.2. The van der Waals surface area contributed by atoms with Crippen molar-refractivity contribution in [3.05, 3.63) is 35.9 Å². The molecule has 1 aromatic carbocycles. The highest BCUT2D eigenvalue weighted by Gasteiger charge is 2.60. The zero-order valence-corrected chi connectivity index (χ0v) is 15.8. The lowest BCUT2D eigenvalue weighted by atomic mass is 9.47. The lowest BCUT2D eigenvalue weighted by molar-refractivity contribution is -0.186. The molecule has 0 unspecified atom stereocenters. The maximum absolute atomic E-state index is 13.5. The Morgan fingerprint density at radius 2 is 1.48 bits per heavy atom. The van der Waals surface area contributed by atoms with E-state index < -0.39 is 5.60 Å². The zero-order valence-electron chi connectivity index (χ0n) is 15.8. The van der Waals surface area contributed by atoms with E-state index >= 15 is 0 Å². The van der Waals surface area contributed by atoms with Crippen molar-refractivity contribution < 1.29 is 14.7 Å². The van der Waals surface area contributed by atoms with Gasteiger partial charge in [0.15, 0.2) is 0 Å². The number of carbonyl (C=O) groups excluding carboxylic acids is 2. The van der Waals surface area contributed by atoms with Gasteiger partial charge in [0.25, 0.3) is 5.91 Å². The molecule has 5 fully saturated rings. The van der Waals surface area contributed by atoms with Gasteiger partial charge in [0.2, 0.25) is 5.91 Å². The van der Waals surface area contributed by atoms with Crippen LogP contribution in [0.3, 0.4) is 0 Å². The molecule has 5 nitrogen and oxygen atoms in total. The van der Waals surface area contributed by atoms with E-state index in [9.17, 15) is 14.7 Å². The van der Waals surface area contributed by atoms with Gasteiger partial charge in [-0.25, -0.2) is 0 Å². The number of amides is 2. The first-order valence-electron chi connectivity index (χ1n) is 10.3. The molecular formula is C22H28N2O3. The molecule has 2 amide bonds. The summed E-state index contributed by atoms with van der Waals surface area (Å²) < 4.78 is 0. The number of nitrogens with zero attached hydrogens (tertiary/aromatic N) is 2. The molecule has 2 atom stereocenters.